The Labute approximate surface area is 228 Å². The number of rotatable bonds is 4. The maximum Gasteiger partial charge on any atom is 0.265 e. The van der Waals surface area contributed by atoms with Gasteiger partial charge in [-0.3, -0.25) is 14.6 Å². The molecule has 0 saturated heterocycles. The predicted octanol–water partition coefficient (Wildman–Crippen LogP) is 6.68. The van der Waals surface area contributed by atoms with Crippen LogP contribution >= 0.6 is 11.6 Å². The number of anilines is 1. The van der Waals surface area contributed by atoms with Gasteiger partial charge in [-0.25, -0.2) is 0 Å². The summed E-state index contributed by atoms with van der Waals surface area (Å²) < 4.78 is 17.7. The van der Waals surface area contributed by atoms with E-state index >= 15 is 0 Å². The van der Waals surface area contributed by atoms with Gasteiger partial charge < -0.3 is 18.8 Å². The zero-order valence-corrected chi connectivity index (χ0v) is 21.6. The molecule has 0 unspecified atom stereocenters. The second-order valence-electron chi connectivity index (χ2n) is 9.40. The van der Waals surface area contributed by atoms with Crippen LogP contribution in [0.5, 0.6) is 11.5 Å². The van der Waals surface area contributed by atoms with Crippen molar-refractivity contribution in [3.8, 4) is 33.9 Å². The number of fused-ring (bicyclic) bond motifs is 5. The van der Waals surface area contributed by atoms with Gasteiger partial charge in [0.05, 0.1) is 11.4 Å². The topological polar surface area (TPSA) is 81.9 Å². The molecule has 0 aliphatic carbocycles. The Bertz CT molecular complexity index is 1830. The summed E-state index contributed by atoms with van der Waals surface area (Å²) in [5.41, 5.74) is 5.45. The molecule has 4 heterocycles. The minimum absolute atomic E-state index is 0.0203. The van der Waals surface area contributed by atoms with Gasteiger partial charge in [-0.1, -0.05) is 29.8 Å². The molecule has 0 atom stereocenters. The quantitative estimate of drug-likeness (QED) is 0.238. The Hall–Kier alpha value is -4.62. The first-order valence-corrected chi connectivity index (χ1v) is 12.9. The highest BCUT2D eigenvalue weighted by Gasteiger charge is 2.29. The fourth-order valence-corrected chi connectivity index (χ4v) is 5.45. The highest BCUT2D eigenvalue weighted by atomic mass is 35.5. The molecular weight excluding hydrogens is 516 g/mol. The van der Waals surface area contributed by atoms with Crippen LogP contribution in [-0.2, 0) is 11.4 Å². The van der Waals surface area contributed by atoms with Crippen LogP contribution in [0.3, 0.4) is 0 Å². The van der Waals surface area contributed by atoms with Crippen molar-refractivity contribution in [1.82, 2.24) is 4.98 Å². The largest absolute Gasteiger partial charge is 0.488 e. The number of hydrogen-bond donors (Lipinski definition) is 0. The number of ketones is 1. The number of furan rings is 1. The van der Waals surface area contributed by atoms with Crippen LogP contribution in [0.1, 0.15) is 28.6 Å². The number of likely N-dealkylation sites (N-methyl/N-ethyl adjacent to an activating group) is 1. The molecule has 7 nitrogen and oxygen atoms in total. The van der Waals surface area contributed by atoms with E-state index in [1.807, 2.05) is 49.4 Å². The van der Waals surface area contributed by atoms with E-state index in [9.17, 15) is 9.59 Å². The third-order valence-electron chi connectivity index (χ3n) is 7.12. The molecule has 0 bridgehead atoms. The smallest absolute Gasteiger partial charge is 0.265 e. The fourth-order valence-electron chi connectivity index (χ4n) is 5.28. The normalized spacial score (nSPS) is 13.8. The summed E-state index contributed by atoms with van der Waals surface area (Å²) in [6.45, 7) is 2.68. The highest BCUT2D eigenvalue weighted by Crippen LogP contribution is 2.42. The third-order valence-corrected chi connectivity index (χ3v) is 7.35. The lowest BCUT2D eigenvalue weighted by atomic mass is 9.95. The number of pyridine rings is 1. The number of carbonyl (C=O) groups excluding carboxylic acids is 2. The molecule has 39 heavy (non-hydrogen) atoms. The zero-order valence-electron chi connectivity index (χ0n) is 20.9. The molecule has 2 aromatic heterocycles. The number of carbonyl (C=O) groups is 2. The van der Waals surface area contributed by atoms with Gasteiger partial charge in [0, 0.05) is 51.0 Å². The summed E-state index contributed by atoms with van der Waals surface area (Å²) in [4.78, 5) is 32.7. The second kappa shape index (κ2) is 8.99. The third kappa shape index (κ3) is 3.77. The second-order valence-corrected chi connectivity index (χ2v) is 9.84. The van der Waals surface area contributed by atoms with E-state index in [4.69, 9.17) is 30.5 Å². The number of amides is 1. The average molecular weight is 537 g/mol. The van der Waals surface area contributed by atoms with Crippen molar-refractivity contribution in [3.05, 3.63) is 94.8 Å². The van der Waals surface area contributed by atoms with Gasteiger partial charge in [0.25, 0.3) is 5.91 Å². The van der Waals surface area contributed by atoms with Crippen molar-refractivity contribution >= 4 is 39.9 Å². The molecule has 5 aromatic rings. The van der Waals surface area contributed by atoms with E-state index in [-0.39, 0.29) is 24.1 Å². The molecule has 0 saturated carbocycles. The number of nitrogens with zero attached hydrogens (tertiary/aromatic N) is 2. The summed E-state index contributed by atoms with van der Waals surface area (Å²) in [6, 6.07) is 20.1. The van der Waals surface area contributed by atoms with Crippen molar-refractivity contribution in [2.45, 2.75) is 13.5 Å². The molecule has 7 rings (SSSR count). The van der Waals surface area contributed by atoms with Crippen LogP contribution in [0, 0.1) is 0 Å². The number of halogens is 1. The Balaban J connectivity index is 1.36. The lowest BCUT2D eigenvalue weighted by molar-refractivity contribution is -0.121. The fraction of sp³-hybridized carbons (Fsp3) is 0.129. The predicted molar refractivity (Wildman–Crippen MR) is 148 cm³/mol. The minimum atomic E-state index is -0.302. The van der Waals surface area contributed by atoms with E-state index < -0.39 is 0 Å². The van der Waals surface area contributed by atoms with Gasteiger partial charge >= 0.3 is 0 Å². The Morgan fingerprint density at radius 2 is 1.82 bits per heavy atom. The van der Waals surface area contributed by atoms with E-state index in [1.165, 1.54) is 0 Å². The van der Waals surface area contributed by atoms with Gasteiger partial charge in [-0.2, -0.15) is 0 Å². The number of hydrogen-bond acceptors (Lipinski definition) is 6. The Kier molecular flexibility index (Phi) is 5.42. The monoisotopic (exact) mass is 536 g/mol. The molecule has 3 aromatic carbocycles. The molecular formula is C31H21ClN2O5. The van der Waals surface area contributed by atoms with Gasteiger partial charge in [-0.05, 0) is 55.5 Å². The maximum absolute atomic E-state index is 14.0. The van der Waals surface area contributed by atoms with E-state index in [0.29, 0.717) is 46.3 Å². The highest BCUT2D eigenvalue weighted by molar-refractivity contribution is 6.31. The molecule has 1 amide bonds. The maximum atomic E-state index is 14.0. The van der Waals surface area contributed by atoms with E-state index in [1.54, 1.807) is 35.4 Å². The Morgan fingerprint density at radius 1 is 1.00 bits per heavy atom. The molecule has 2 aliphatic rings. The van der Waals surface area contributed by atoms with Gasteiger partial charge in [0.2, 0.25) is 5.78 Å². The molecule has 0 fully saturated rings. The molecule has 2 aliphatic heterocycles. The first-order chi connectivity index (χ1) is 19.0. The van der Waals surface area contributed by atoms with Crippen molar-refractivity contribution < 1.29 is 23.5 Å². The van der Waals surface area contributed by atoms with Crippen LogP contribution in [0.2, 0.25) is 5.02 Å². The lowest BCUT2D eigenvalue weighted by Gasteiger charge is -2.28. The van der Waals surface area contributed by atoms with Crippen LogP contribution in [0.25, 0.3) is 33.4 Å². The number of aromatic nitrogens is 1. The summed E-state index contributed by atoms with van der Waals surface area (Å²) in [5.74, 6) is 1.04. The molecule has 0 radical (unpaired) electrons. The first kappa shape index (κ1) is 23.5. The number of para-hydroxylation sites is 1. The van der Waals surface area contributed by atoms with Gasteiger partial charge in [0.15, 0.2) is 12.4 Å². The summed E-state index contributed by atoms with van der Waals surface area (Å²) in [6.07, 6.45) is 1.75. The molecule has 8 heteroatoms. The molecule has 192 valence electrons. The average Bonchev–Trinajstić information content (AvgIpc) is 3.35. The lowest BCUT2D eigenvalue weighted by Crippen LogP contribution is -2.38. The van der Waals surface area contributed by atoms with Crippen molar-refractivity contribution in [2.75, 3.05) is 18.1 Å². The first-order valence-electron chi connectivity index (χ1n) is 12.6. The SMILES string of the molecule is CCN1C(=O)COc2ccc(C(=O)c3oc4ccccc4c3-c3cnc4c(c3)COc3ccc(Cl)cc3-4)cc21. The van der Waals surface area contributed by atoms with Crippen LogP contribution in [0.4, 0.5) is 5.69 Å². The standard InChI is InChI=1S/C31H21ClN2O5/c1-2-34-23-12-17(7-9-26(23)38-16-27(34)35)30(36)31-28(21-5-3-4-6-25(21)39-31)18-11-19-15-37-24-10-8-20(32)13-22(24)29(19)33-14-18/h3-14H,2,15-16H2,1H3. The molecule has 0 spiro atoms. The van der Waals surface area contributed by atoms with E-state index in [0.717, 1.165) is 33.5 Å². The van der Waals surface area contributed by atoms with Crippen molar-refractivity contribution in [1.29, 1.82) is 0 Å². The van der Waals surface area contributed by atoms with Crippen molar-refractivity contribution in [3.63, 3.8) is 0 Å². The van der Waals surface area contributed by atoms with E-state index in [2.05, 4.69) is 0 Å². The number of benzene rings is 3. The van der Waals surface area contributed by atoms with Crippen LogP contribution in [0.15, 0.2) is 77.3 Å². The summed E-state index contributed by atoms with van der Waals surface area (Å²) in [5, 5.41) is 1.40. The number of ether oxygens (including phenoxy) is 2. The van der Waals surface area contributed by atoms with Gasteiger partial charge in [0.1, 0.15) is 23.7 Å². The van der Waals surface area contributed by atoms with Crippen LogP contribution < -0.4 is 14.4 Å². The van der Waals surface area contributed by atoms with Crippen LogP contribution in [-0.4, -0.2) is 29.8 Å². The zero-order chi connectivity index (χ0) is 26.7. The van der Waals surface area contributed by atoms with Crippen molar-refractivity contribution in [2.24, 2.45) is 0 Å². The summed E-state index contributed by atoms with van der Waals surface area (Å²) >= 11 is 6.24. The molecule has 0 N–H and O–H groups in total. The summed E-state index contributed by atoms with van der Waals surface area (Å²) in [7, 11) is 0. The Morgan fingerprint density at radius 3 is 2.69 bits per heavy atom. The van der Waals surface area contributed by atoms with Gasteiger partial charge in [-0.15, -0.1) is 0 Å². The minimum Gasteiger partial charge on any atom is -0.488 e.